The fourth-order valence-electron chi connectivity index (χ4n) is 5.50. The molecule has 1 saturated heterocycles. The Kier molecular flexibility index (Phi) is 7.41. The zero-order valence-electron chi connectivity index (χ0n) is 20.3. The molecule has 35 heavy (non-hydrogen) atoms. The number of hydrogen-bond acceptors (Lipinski definition) is 3. The molecule has 0 unspecified atom stereocenters. The molecule has 0 saturated carbocycles. The second kappa shape index (κ2) is 10.0. The van der Waals surface area contributed by atoms with Crippen LogP contribution >= 0.6 is 12.4 Å². The molecule has 2 aromatic carbocycles. The number of hydrogen-bond donors (Lipinski definition) is 2. The van der Waals surface area contributed by atoms with Crippen LogP contribution in [-0.2, 0) is 6.42 Å². The van der Waals surface area contributed by atoms with Gasteiger partial charge in [-0.2, -0.15) is 0 Å². The maximum Gasteiger partial charge on any atom is 0.135 e. The first-order valence-corrected chi connectivity index (χ1v) is 12.1. The molecule has 0 bridgehead atoms. The molecule has 8 heteroatoms. The van der Waals surface area contributed by atoms with Crippen LogP contribution in [0.1, 0.15) is 56.5 Å². The van der Waals surface area contributed by atoms with Crippen LogP contribution < -0.4 is 10.1 Å². The van der Waals surface area contributed by atoms with E-state index in [1.54, 1.807) is 0 Å². The molecule has 190 valence electrons. The van der Waals surface area contributed by atoms with Crippen LogP contribution in [0.25, 0.3) is 10.9 Å². The highest BCUT2D eigenvalue weighted by atomic mass is 35.5. The summed E-state index contributed by atoms with van der Waals surface area (Å²) < 4.78 is 52.1. The first-order valence-electron chi connectivity index (χ1n) is 12.1. The number of fused-ring (bicyclic) bond motifs is 3. The van der Waals surface area contributed by atoms with E-state index in [-0.39, 0.29) is 42.4 Å². The zero-order chi connectivity index (χ0) is 24.0. The van der Waals surface area contributed by atoms with E-state index in [0.29, 0.717) is 13.0 Å². The molecule has 3 aromatic rings. The van der Waals surface area contributed by atoms with Crippen molar-refractivity contribution >= 4 is 23.3 Å². The topological polar surface area (TPSA) is 40.3 Å². The Morgan fingerprint density at radius 2 is 1.86 bits per heavy atom. The van der Waals surface area contributed by atoms with Gasteiger partial charge in [0.1, 0.15) is 29.2 Å². The lowest BCUT2D eigenvalue weighted by Crippen LogP contribution is -2.48. The van der Waals surface area contributed by atoms with Gasteiger partial charge >= 0.3 is 0 Å². The number of ether oxygens (including phenoxy) is 1. The maximum atomic E-state index is 15.7. The summed E-state index contributed by atoms with van der Waals surface area (Å²) in [6, 6.07) is 9.53. The maximum absolute atomic E-state index is 15.7. The van der Waals surface area contributed by atoms with Gasteiger partial charge in [-0.15, -0.1) is 12.4 Å². The summed E-state index contributed by atoms with van der Waals surface area (Å²) in [4.78, 5) is 5.28. The van der Waals surface area contributed by atoms with E-state index >= 15 is 8.78 Å². The van der Waals surface area contributed by atoms with Gasteiger partial charge in [0.15, 0.2) is 0 Å². The molecule has 1 aromatic heterocycles. The third-order valence-corrected chi connectivity index (χ3v) is 6.96. The molecular weight excluding hydrogens is 475 g/mol. The van der Waals surface area contributed by atoms with E-state index < -0.39 is 23.3 Å². The van der Waals surface area contributed by atoms with Crippen LogP contribution in [0.2, 0.25) is 0 Å². The van der Waals surface area contributed by atoms with Gasteiger partial charge < -0.3 is 15.0 Å². The van der Waals surface area contributed by atoms with Gasteiger partial charge in [-0.05, 0) is 58.2 Å². The van der Waals surface area contributed by atoms with Gasteiger partial charge in [0.05, 0.1) is 6.04 Å². The quantitative estimate of drug-likeness (QED) is 0.439. The standard InChI is InChI=1S/C27H32F3N3O.ClH/c1-16-11-20-19-8-4-5-9-23(19)32-25(20)26(33(16)15-27(2,3)30)24-21(28)12-18(13-22(24)29)34-17-7-6-10-31-14-17;/h4-5,8-9,12-13,16-17,26,31-32H,6-7,10-11,14-15H2,1-3H3;1H/t16-,17+,26-;/m1./s1. The molecule has 0 amide bonds. The van der Waals surface area contributed by atoms with Crippen LogP contribution in [0.3, 0.4) is 0 Å². The van der Waals surface area contributed by atoms with Crippen molar-refractivity contribution in [1.29, 1.82) is 0 Å². The number of piperidine rings is 1. The lowest BCUT2D eigenvalue weighted by Gasteiger charge is -2.43. The van der Waals surface area contributed by atoms with E-state index in [0.717, 1.165) is 41.5 Å². The number of halogens is 4. The Balaban J connectivity index is 0.00000289. The number of para-hydroxylation sites is 1. The fourth-order valence-corrected chi connectivity index (χ4v) is 5.50. The summed E-state index contributed by atoms with van der Waals surface area (Å²) in [5.41, 5.74) is 1.08. The minimum absolute atomic E-state index is 0. The SMILES string of the molecule is C[C@@H]1Cc2c([nH]c3ccccc23)[C@@H](c2c(F)cc(O[C@H]3CCCNC3)cc2F)N1CC(C)(C)F.Cl. The Morgan fingerprint density at radius 3 is 2.51 bits per heavy atom. The lowest BCUT2D eigenvalue weighted by molar-refractivity contribution is 0.0641. The molecule has 0 radical (unpaired) electrons. The van der Waals surface area contributed by atoms with Gasteiger partial charge in [0.25, 0.3) is 0 Å². The Labute approximate surface area is 210 Å². The molecule has 5 rings (SSSR count). The Hall–Kier alpha value is -2.22. The van der Waals surface area contributed by atoms with Crippen LogP contribution in [-0.4, -0.2) is 47.3 Å². The average Bonchev–Trinajstić information content (AvgIpc) is 3.13. The second-order valence-electron chi connectivity index (χ2n) is 10.3. The largest absolute Gasteiger partial charge is 0.489 e. The highest BCUT2D eigenvalue weighted by Crippen LogP contribution is 2.43. The molecule has 2 aliphatic heterocycles. The van der Waals surface area contributed by atoms with Crippen LogP contribution in [0, 0.1) is 11.6 Å². The third-order valence-electron chi connectivity index (χ3n) is 6.96. The second-order valence-corrected chi connectivity index (χ2v) is 10.3. The first-order chi connectivity index (χ1) is 16.2. The van der Waals surface area contributed by atoms with Gasteiger partial charge in [0.2, 0.25) is 0 Å². The summed E-state index contributed by atoms with van der Waals surface area (Å²) in [7, 11) is 0. The monoisotopic (exact) mass is 507 g/mol. The normalized spacial score (nSPS) is 23.1. The van der Waals surface area contributed by atoms with Crippen molar-refractivity contribution in [2.24, 2.45) is 0 Å². The number of nitrogens with zero attached hydrogens (tertiary/aromatic N) is 1. The molecule has 3 heterocycles. The molecule has 1 fully saturated rings. The highest BCUT2D eigenvalue weighted by Gasteiger charge is 2.41. The van der Waals surface area contributed by atoms with Crippen LogP contribution in [0.4, 0.5) is 13.2 Å². The third kappa shape index (κ3) is 5.18. The number of nitrogens with one attached hydrogen (secondary N) is 2. The van der Waals surface area contributed by atoms with E-state index in [1.165, 1.54) is 26.0 Å². The van der Waals surface area contributed by atoms with E-state index in [4.69, 9.17) is 4.74 Å². The summed E-state index contributed by atoms with van der Waals surface area (Å²) in [5, 5.41) is 4.29. The molecule has 2 aliphatic rings. The first kappa shape index (κ1) is 25.9. The minimum Gasteiger partial charge on any atom is -0.489 e. The Bertz CT molecular complexity index is 1160. The number of H-pyrrole nitrogens is 1. The number of rotatable bonds is 5. The lowest BCUT2D eigenvalue weighted by atomic mass is 9.87. The number of alkyl halides is 1. The highest BCUT2D eigenvalue weighted by molar-refractivity contribution is 5.86. The predicted molar refractivity (Wildman–Crippen MR) is 135 cm³/mol. The predicted octanol–water partition coefficient (Wildman–Crippen LogP) is 6.08. The van der Waals surface area contributed by atoms with Crippen molar-refractivity contribution < 1.29 is 17.9 Å². The van der Waals surface area contributed by atoms with Gasteiger partial charge in [-0.1, -0.05) is 18.2 Å². The van der Waals surface area contributed by atoms with Crippen LogP contribution in [0.15, 0.2) is 36.4 Å². The minimum atomic E-state index is -1.53. The van der Waals surface area contributed by atoms with Crippen LogP contribution in [0.5, 0.6) is 5.75 Å². The molecule has 0 spiro atoms. The molecule has 4 nitrogen and oxygen atoms in total. The number of aromatic amines is 1. The summed E-state index contributed by atoms with van der Waals surface area (Å²) in [6.07, 6.45) is 2.36. The summed E-state index contributed by atoms with van der Waals surface area (Å²) in [6.45, 7) is 6.63. The van der Waals surface area contributed by atoms with E-state index in [1.807, 2.05) is 36.1 Å². The molecule has 3 atom stereocenters. The van der Waals surface area contributed by atoms with Crippen molar-refractivity contribution in [3.8, 4) is 5.75 Å². The van der Waals surface area contributed by atoms with Crippen molar-refractivity contribution in [3.05, 3.63) is 64.9 Å². The van der Waals surface area contributed by atoms with Gasteiger partial charge in [0, 0.05) is 53.4 Å². The van der Waals surface area contributed by atoms with Crippen molar-refractivity contribution in [2.75, 3.05) is 19.6 Å². The van der Waals surface area contributed by atoms with Crippen molar-refractivity contribution in [3.63, 3.8) is 0 Å². The summed E-state index contributed by atoms with van der Waals surface area (Å²) >= 11 is 0. The number of aromatic nitrogens is 1. The van der Waals surface area contributed by atoms with Gasteiger partial charge in [-0.3, -0.25) is 4.90 Å². The Morgan fingerprint density at radius 1 is 1.14 bits per heavy atom. The average molecular weight is 508 g/mol. The van der Waals surface area contributed by atoms with Crippen molar-refractivity contribution in [1.82, 2.24) is 15.2 Å². The molecular formula is C27H33ClF3N3O. The van der Waals surface area contributed by atoms with E-state index in [2.05, 4.69) is 10.3 Å². The molecule has 2 N–H and O–H groups in total. The molecule has 0 aliphatic carbocycles. The van der Waals surface area contributed by atoms with Gasteiger partial charge in [-0.25, -0.2) is 13.2 Å². The summed E-state index contributed by atoms with van der Waals surface area (Å²) in [5.74, 6) is -1.17. The fraction of sp³-hybridized carbons (Fsp3) is 0.481. The smallest absolute Gasteiger partial charge is 0.135 e. The van der Waals surface area contributed by atoms with Crippen molar-refractivity contribution in [2.45, 2.75) is 63.9 Å². The number of benzene rings is 2. The zero-order valence-corrected chi connectivity index (χ0v) is 21.2. The van der Waals surface area contributed by atoms with E-state index in [9.17, 15) is 4.39 Å².